The van der Waals surface area contributed by atoms with E-state index in [1.54, 1.807) is 24.3 Å². The fourth-order valence-corrected chi connectivity index (χ4v) is 2.89. The summed E-state index contributed by atoms with van der Waals surface area (Å²) in [6.07, 6.45) is 2.01. The van der Waals surface area contributed by atoms with Crippen molar-refractivity contribution in [2.75, 3.05) is 6.54 Å². The van der Waals surface area contributed by atoms with Gasteiger partial charge in [-0.1, -0.05) is 36.4 Å². The molecule has 3 aromatic rings. The normalized spacial score (nSPS) is 13.8. The van der Waals surface area contributed by atoms with Crippen molar-refractivity contribution in [1.82, 2.24) is 15.3 Å². The summed E-state index contributed by atoms with van der Waals surface area (Å²) in [5.41, 5.74) is 3.17. The van der Waals surface area contributed by atoms with E-state index >= 15 is 0 Å². The first-order valence-corrected chi connectivity index (χ1v) is 7.79. The van der Waals surface area contributed by atoms with Crippen molar-refractivity contribution >= 4 is 22.6 Å². The topological polar surface area (TPSA) is 74.8 Å². The van der Waals surface area contributed by atoms with Crippen LogP contribution in [-0.4, -0.2) is 28.1 Å². The van der Waals surface area contributed by atoms with Crippen LogP contribution in [0.15, 0.2) is 60.3 Å². The molecule has 1 aliphatic carbocycles. The number of hydrogen-bond acceptors (Lipinski definition) is 4. The summed E-state index contributed by atoms with van der Waals surface area (Å²) >= 11 is 0. The van der Waals surface area contributed by atoms with Gasteiger partial charge in [0.1, 0.15) is 5.82 Å². The molecule has 5 nitrogen and oxygen atoms in total. The molecule has 0 radical (unpaired) electrons. The van der Waals surface area contributed by atoms with Crippen molar-refractivity contribution in [3.05, 3.63) is 77.3 Å². The van der Waals surface area contributed by atoms with Gasteiger partial charge in [-0.15, -0.1) is 0 Å². The van der Waals surface area contributed by atoms with Crippen LogP contribution in [0.4, 0.5) is 0 Å². The minimum absolute atomic E-state index is 0.142. The number of nitrogens with one attached hydrogen (secondary N) is 2. The Morgan fingerprint density at radius 1 is 0.958 bits per heavy atom. The van der Waals surface area contributed by atoms with Gasteiger partial charge in [-0.25, -0.2) is 4.98 Å². The zero-order chi connectivity index (χ0) is 16.5. The highest BCUT2D eigenvalue weighted by molar-refractivity contribution is 6.24. The average Bonchev–Trinajstić information content (AvgIpc) is 3.02. The van der Waals surface area contributed by atoms with E-state index in [9.17, 15) is 9.59 Å². The lowest BCUT2D eigenvalue weighted by Crippen LogP contribution is -2.28. The number of ketones is 2. The number of aromatic amines is 1. The van der Waals surface area contributed by atoms with Crippen LogP contribution in [0.2, 0.25) is 0 Å². The number of nitrogens with zero attached hydrogens (tertiary/aromatic N) is 1. The minimum atomic E-state index is -0.144. The van der Waals surface area contributed by atoms with Crippen molar-refractivity contribution in [2.45, 2.75) is 6.42 Å². The summed E-state index contributed by atoms with van der Waals surface area (Å²) in [6.45, 7) is 0.521. The standard InChI is InChI=1S/C19H15N3O2/c23-17-11-16(19(24)13-6-2-1-5-12(13)17)20-10-9-18-21-14-7-3-4-8-15(14)22-18/h1-8,11,20H,9-10H2,(H,21,22). The third-order valence-electron chi connectivity index (χ3n) is 4.07. The molecule has 2 aromatic carbocycles. The number of hydrogen-bond donors (Lipinski definition) is 2. The molecule has 0 amide bonds. The van der Waals surface area contributed by atoms with Crippen molar-refractivity contribution in [3.63, 3.8) is 0 Å². The Morgan fingerprint density at radius 3 is 2.54 bits per heavy atom. The van der Waals surface area contributed by atoms with Crippen LogP contribution in [0.25, 0.3) is 11.0 Å². The van der Waals surface area contributed by atoms with Crippen molar-refractivity contribution in [3.8, 4) is 0 Å². The molecular formula is C19H15N3O2. The smallest absolute Gasteiger partial charge is 0.209 e. The number of H-pyrrole nitrogens is 1. The lowest BCUT2D eigenvalue weighted by Gasteiger charge is -2.16. The quantitative estimate of drug-likeness (QED) is 0.776. The number of fused-ring (bicyclic) bond motifs is 2. The van der Waals surface area contributed by atoms with E-state index in [0.29, 0.717) is 29.8 Å². The molecule has 0 spiro atoms. The fraction of sp³-hybridized carbons (Fsp3) is 0.105. The van der Waals surface area contributed by atoms with E-state index in [1.165, 1.54) is 6.08 Å². The van der Waals surface area contributed by atoms with Crippen LogP contribution in [0.3, 0.4) is 0 Å². The van der Waals surface area contributed by atoms with Crippen molar-refractivity contribution in [1.29, 1.82) is 0 Å². The third kappa shape index (κ3) is 2.50. The number of Topliss-reactive ketones (excluding diaryl/α,β-unsaturated/α-hetero) is 1. The molecule has 24 heavy (non-hydrogen) atoms. The van der Waals surface area contributed by atoms with E-state index in [0.717, 1.165) is 16.9 Å². The van der Waals surface area contributed by atoms with Gasteiger partial charge in [0.05, 0.1) is 16.7 Å². The maximum Gasteiger partial charge on any atom is 0.209 e. The Bertz CT molecular complexity index is 952. The molecule has 0 unspecified atom stereocenters. The molecule has 1 aromatic heterocycles. The predicted molar refractivity (Wildman–Crippen MR) is 91.0 cm³/mol. The molecule has 4 rings (SSSR count). The van der Waals surface area contributed by atoms with Gasteiger partial charge in [-0.05, 0) is 12.1 Å². The molecule has 5 heteroatoms. The second kappa shape index (κ2) is 5.77. The number of benzene rings is 2. The summed E-state index contributed by atoms with van der Waals surface area (Å²) < 4.78 is 0. The fourth-order valence-electron chi connectivity index (χ4n) is 2.89. The number of rotatable bonds is 4. The van der Waals surface area contributed by atoms with E-state index < -0.39 is 0 Å². The van der Waals surface area contributed by atoms with E-state index in [2.05, 4.69) is 15.3 Å². The van der Waals surface area contributed by atoms with Crippen LogP contribution in [0, 0.1) is 0 Å². The molecule has 118 valence electrons. The molecule has 2 N–H and O–H groups in total. The van der Waals surface area contributed by atoms with Crippen LogP contribution in [-0.2, 0) is 6.42 Å². The molecular weight excluding hydrogens is 302 g/mol. The Hall–Kier alpha value is -3.21. The monoisotopic (exact) mass is 317 g/mol. The Balaban J connectivity index is 1.46. The Morgan fingerprint density at radius 2 is 1.71 bits per heavy atom. The van der Waals surface area contributed by atoms with Gasteiger partial charge in [0.25, 0.3) is 0 Å². The maximum atomic E-state index is 12.4. The van der Waals surface area contributed by atoms with Crippen LogP contribution in [0.5, 0.6) is 0 Å². The number of carbonyl (C=O) groups is 2. The number of para-hydroxylation sites is 2. The number of imidazole rings is 1. The number of carbonyl (C=O) groups excluding carboxylic acids is 2. The summed E-state index contributed by atoms with van der Waals surface area (Å²) in [7, 11) is 0. The van der Waals surface area contributed by atoms with Crippen molar-refractivity contribution < 1.29 is 9.59 Å². The summed E-state index contributed by atoms with van der Waals surface area (Å²) in [6, 6.07) is 14.7. The summed E-state index contributed by atoms with van der Waals surface area (Å²) in [5, 5.41) is 3.07. The molecule has 0 atom stereocenters. The average molecular weight is 317 g/mol. The zero-order valence-electron chi connectivity index (χ0n) is 12.9. The summed E-state index contributed by atoms with van der Waals surface area (Å²) in [4.78, 5) is 32.3. The number of aromatic nitrogens is 2. The zero-order valence-corrected chi connectivity index (χ0v) is 12.9. The first kappa shape index (κ1) is 14.4. The highest BCUT2D eigenvalue weighted by Crippen LogP contribution is 2.19. The largest absolute Gasteiger partial charge is 0.381 e. The van der Waals surface area contributed by atoms with E-state index in [4.69, 9.17) is 0 Å². The van der Waals surface area contributed by atoms with Crippen LogP contribution in [0.1, 0.15) is 26.5 Å². The lowest BCUT2D eigenvalue weighted by molar-refractivity contribution is 0.0978. The predicted octanol–water partition coefficient (Wildman–Crippen LogP) is 2.66. The molecule has 0 saturated carbocycles. The minimum Gasteiger partial charge on any atom is -0.381 e. The van der Waals surface area contributed by atoms with Crippen molar-refractivity contribution in [2.24, 2.45) is 0 Å². The molecule has 0 aliphatic heterocycles. The highest BCUT2D eigenvalue weighted by atomic mass is 16.1. The molecule has 1 aliphatic rings. The maximum absolute atomic E-state index is 12.4. The molecule has 1 heterocycles. The van der Waals surface area contributed by atoms with Gasteiger partial charge in [-0.2, -0.15) is 0 Å². The van der Waals surface area contributed by atoms with Gasteiger partial charge >= 0.3 is 0 Å². The third-order valence-corrected chi connectivity index (χ3v) is 4.07. The highest BCUT2D eigenvalue weighted by Gasteiger charge is 2.24. The SMILES string of the molecule is O=C1C=C(NCCc2nc3ccccc3[nH]2)C(=O)c2ccccc21. The molecule has 0 bridgehead atoms. The van der Waals surface area contributed by atoms with Gasteiger partial charge in [0, 0.05) is 30.2 Å². The first-order chi connectivity index (χ1) is 11.7. The van der Waals surface area contributed by atoms with Crippen LogP contribution >= 0.6 is 0 Å². The second-order valence-corrected chi connectivity index (χ2v) is 5.67. The molecule has 0 saturated heterocycles. The van der Waals surface area contributed by atoms with Crippen LogP contribution < -0.4 is 5.32 Å². The summed E-state index contributed by atoms with van der Waals surface area (Å²) in [5.74, 6) is 0.561. The van der Waals surface area contributed by atoms with Gasteiger partial charge in [0.15, 0.2) is 5.78 Å². The van der Waals surface area contributed by atoms with E-state index in [1.807, 2.05) is 24.3 Å². The van der Waals surface area contributed by atoms with Gasteiger partial charge < -0.3 is 10.3 Å². The van der Waals surface area contributed by atoms with Gasteiger partial charge in [-0.3, -0.25) is 9.59 Å². The second-order valence-electron chi connectivity index (χ2n) is 5.67. The van der Waals surface area contributed by atoms with Gasteiger partial charge in [0.2, 0.25) is 5.78 Å². The lowest BCUT2D eigenvalue weighted by atomic mass is 9.93. The molecule has 0 fully saturated rings. The Kier molecular flexibility index (Phi) is 3.46. The Labute approximate surface area is 138 Å². The number of allylic oxidation sites excluding steroid dienone is 2. The first-order valence-electron chi connectivity index (χ1n) is 7.79. The van der Waals surface area contributed by atoms with E-state index in [-0.39, 0.29) is 11.6 Å².